The van der Waals surface area contributed by atoms with Gasteiger partial charge in [0.05, 0.1) is 61.6 Å². The molecule has 0 spiro atoms. The lowest BCUT2D eigenvalue weighted by atomic mass is 9.92. The van der Waals surface area contributed by atoms with Gasteiger partial charge >= 0.3 is 11.7 Å². The second-order valence-electron chi connectivity index (χ2n) is 26.9. The van der Waals surface area contributed by atoms with E-state index in [2.05, 4.69) is 31.9 Å². The normalized spacial score (nSPS) is 15.6. The van der Waals surface area contributed by atoms with Crippen molar-refractivity contribution in [3.05, 3.63) is 139 Å². The Balaban J connectivity index is 1.25. The number of nitrogens with one attached hydrogen (secondary N) is 6. The number of unbranched alkanes of at least 4 members (excludes halogenated alkanes) is 4. The van der Waals surface area contributed by atoms with Gasteiger partial charge in [0.25, 0.3) is 23.8 Å². The minimum atomic E-state index is -2.11. The van der Waals surface area contributed by atoms with E-state index in [0.29, 0.717) is 54.1 Å². The predicted octanol–water partition coefficient (Wildman–Crippen LogP) is -4.31. The molecule has 113 heavy (non-hydrogen) atoms. The number of rotatable bonds is 53. The summed E-state index contributed by atoms with van der Waals surface area (Å²) in [6.07, 6.45) is -16.5. The van der Waals surface area contributed by atoms with Crippen molar-refractivity contribution in [1.29, 1.82) is 0 Å². The molecule has 0 saturated heterocycles. The number of amides is 8. The van der Waals surface area contributed by atoms with Crippen LogP contribution in [0.15, 0.2) is 93.4 Å². The van der Waals surface area contributed by atoms with Crippen LogP contribution >= 0.6 is 11.8 Å². The van der Waals surface area contributed by atoms with Crippen molar-refractivity contribution < 1.29 is 122 Å². The number of thioether (sulfide) groups is 1. The van der Waals surface area contributed by atoms with Crippen LogP contribution in [0.2, 0.25) is 0 Å². The molecule has 2 heterocycles. The average molecular weight is 1610 g/mol. The predicted molar refractivity (Wildman–Crippen MR) is 399 cm³/mol. The van der Waals surface area contributed by atoms with Gasteiger partial charge in [-0.1, -0.05) is 79.9 Å². The summed E-state index contributed by atoms with van der Waals surface area (Å²) in [6, 6.07) is 12.6. The number of halogens is 2. The van der Waals surface area contributed by atoms with Crippen molar-refractivity contribution in [2.45, 2.75) is 183 Å². The van der Waals surface area contributed by atoms with Gasteiger partial charge in [0.15, 0.2) is 5.78 Å². The van der Waals surface area contributed by atoms with Gasteiger partial charge in [0, 0.05) is 99.9 Å². The first kappa shape index (κ1) is 94.0. The summed E-state index contributed by atoms with van der Waals surface area (Å²) in [7, 11) is 0. The Kier molecular flexibility index (Phi) is 39.7. The molecular formula is C74H101F2N11O25S. The van der Waals surface area contributed by atoms with Crippen LogP contribution in [0, 0.1) is 24.5 Å². The fourth-order valence-electron chi connectivity index (χ4n) is 11.9. The highest BCUT2D eigenvalue weighted by Crippen LogP contribution is 2.27. The van der Waals surface area contributed by atoms with E-state index in [0.717, 1.165) is 32.2 Å². The van der Waals surface area contributed by atoms with Crippen LogP contribution in [0.25, 0.3) is 11.1 Å². The van der Waals surface area contributed by atoms with E-state index in [9.17, 15) is 113 Å². The number of hydrogen-bond acceptors (Lipinski definition) is 27. The highest BCUT2D eigenvalue weighted by atomic mass is 32.2. The molecule has 1 aromatic heterocycles. The number of carboxylic acid groups (broad SMARTS) is 1. The Hall–Kier alpha value is -9.62. The summed E-state index contributed by atoms with van der Waals surface area (Å²) < 4.78 is 37.0. The fraction of sp³-hybridized carbons (Fsp3) is 0.527. The van der Waals surface area contributed by atoms with Crippen molar-refractivity contribution in [2.24, 2.45) is 17.4 Å². The number of imide groups is 1. The molecule has 4 aromatic rings. The number of benzene rings is 3. The van der Waals surface area contributed by atoms with Gasteiger partial charge in [-0.05, 0) is 74.3 Å². The molecule has 8 amide bonds. The molecule has 13 atom stereocenters. The van der Waals surface area contributed by atoms with Gasteiger partial charge in [-0.25, -0.2) is 18.4 Å². The second kappa shape index (κ2) is 47.8. The van der Waals surface area contributed by atoms with Crippen molar-refractivity contribution in [1.82, 2.24) is 45.9 Å². The number of nitrogens with zero attached hydrogens (tertiary/aromatic N) is 3. The third-order valence-electron chi connectivity index (χ3n) is 18.6. The number of carboxylic acids is 1. The van der Waals surface area contributed by atoms with Gasteiger partial charge in [0.2, 0.25) is 35.4 Å². The van der Waals surface area contributed by atoms with Gasteiger partial charge in [-0.3, -0.25) is 66.8 Å². The first-order valence-electron chi connectivity index (χ1n) is 36.5. The van der Waals surface area contributed by atoms with Crippen molar-refractivity contribution in [3.8, 4) is 11.1 Å². The SMILES string of the molecule is Cc1c(-c2cccc(CCC(=O)NCCCCCCCC(=O)N[C@H](CCC(=O)NC[C@H](O)[C@@H](O)[C@H](O)[C@H](O)CO)C(=O)C[C@H](CCOC=O)C(=O)N[C@H](CCC(=O)NC[C@H](O)[C@@H](O)[C@H](O)[C@H](O)CO)C(=O)N[C@H](CSC3=CC(=O)N(CCN)C3=O)C(=O)O)c2)c(=O)n(C[C@@H](N)c2ccccc2)c(=O)n1Cc1c(F)cccc1F. The Morgan fingerprint density at radius 3 is 1.79 bits per heavy atom. The van der Waals surface area contributed by atoms with Crippen LogP contribution < -0.4 is 54.6 Å². The number of Topliss-reactive ketones (excluding diaryl/α,β-unsaturated/α-hetero) is 1. The summed E-state index contributed by atoms with van der Waals surface area (Å²) in [5.74, 6) is -13.5. The van der Waals surface area contributed by atoms with E-state index in [-0.39, 0.29) is 80.4 Å². The molecule has 1 aliphatic rings. The maximum atomic E-state index is 15.0. The summed E-state index contributed by atoms with van der Waals surface area (Å²) in [4.78, 5) is 175. The van der Waals surface area contributed by atoms with Crippen LogP contribution in [-0.4, -0.2) is 261 Å². The second-order valence-corrected chi connectivity index (χ2v) is 28.0. The maximum absolute atomic E-state index is 15.0. The molecule has 5 rings (SSSR count). The molecule has 0 unspecified atom stereocenters. The van der Waals surface area contributed by atoms with Crippen molar-refractivity contribution in [3.63, 3.8) is 0 Å². The van der Waals surface area contributed by atoms with E-state index in [1.807, 2.05) is 0 Å². The molecule has 622 valence electrons. The number of carbonyl (C=O) groups excluding carboxylic acids is 10. The maximum Gasteiger partial charge on any atom is 0.331 e. The van der Waals surface area contributed by atoms with Gasteiger partial charge in [-0.2, -0.15) is 0 Å². The molecule has 1 aliphatic heterocycles. The molecule has 39 heteroatoms. The molecule has 21 N–H and O–H groups in total. The topological polar surface area (TPSA) is 591 Å². The lowest BCUT2D eigenvalue weighted by Crippen LogP contribution is -2.54. The first-order valence-corrected chi connectivity index (χ1v) is 37.5. The van der Waals surface area contributed by atoms with Gasteiger partial charge < -0.3 is 104 Å². The molecular weight excluding hydrogens is 1510 g/mol. The zero-order chi connectivity index (χ0) is 83.6. The summed E-state index contributed by atoms with van der Waals surface area (Å²) in [5, 5.41) is 124. The number of aliphatic hydroxyl groups excluding tert-OH is 10. The number of nitrogens with two attached hydrogens (primary N) is 2. The van der Waals surface area contributed by atoms with Crippen molar-refractivity contribution in [2.75, 3.05) is 58.3 Å². The Morgan fingerprint density at radius 2 is 1.19 bits per heavy atom. The minimum Gasteiger partial charge on any atom is -0.480 e. The first-order chi connectivity index (χ1) is 53.8. The Bertz CT molecular complexity index is 4020. The number of aryl methyl sites for hydroxylation is 1. The molecule has 3 aromatic carbocycles. The van der Waals surface area contributed by atoms with E-state index < -0.39 is 244 Å². The zero-order valence-corrected chi connectivity index (χ0v) is 62.9. The van der Waals surface area contributed by atoms with Crippen LogP contribution in [0.5, 0.6) is 0 Å². The molecule has 0 fully saturated rings. The van der Waals surface area contributed by atoms with Crippen LogP contribution in [0.4, 0.5) is 8.78 Å². The molecule has 0 bridgehead atoms. The summed E-state index contributed by atoms with van der Waals surface area (Å²) in [6.45, 7) is -3.39. The van der Waals surface area contributed by atoms with Crippen LogP contribution in [0.1, 0.15) is 112 Å². The van der Waals surface area contributed by atoms with Gasteiger partial charge in [0.1, 0.15) is 60.3 Å². The third-order valence-corrected chi connectivity index (χ3v) is 19.7. The number of aromatic nitrogens is 2. The highest BCUT2D eigenvalue weighted by Gasteiger charge is 2.37. The number of aliphatic hydroxyl groups is 10. The van der Waals surface area contributed by atoms with Crippen molar-refractivity contribution >= 4 is 77.2 Å². The number of aliphatic carboxylic acids is 1. The highest BCUT2D eigenvalue weighted by molar-refractivity contribution is 8.04. The van der Waals surface area contributed by atoms with E-state index in [1.54, 1.807) is 54.6 Å². The minimum absolute atomic E-state index is 0.00749. The van der Waals surface area contributed by atoms with Gasteiger partial charge in [-0.15, -0.1) is 11.8 Å². The summed E-state index contributed by atoms with van der Waals surface area (Å²) in [5.41, 5.74) is 12.0. The Morgan fingerprint density at radius 1 is 0.628 bits per heavy atom. The lowest BCUT2D eigenvalue weighted by Gasteiger charge is -2.26. The van der Waals surface area contributed by atoms with E-state index in [1.165, 1.54) is 13.0 Å². The number of hydrogen-bond donors (Lipinski definition) is 19. The average Bonchev–Trinajstić information content (AvgIpc) is 1.61. The number of ether oxygens (including phenoxy) is 1. The fourth-order valence-corrected chi connectivity index (χ4v) is 12.9. The van der Waals surface area contributed by atoms with E-state index >= 15 is 8.78 Å². The molecule has 0 aliphatic carbocycles. The molecule has 36 nitrogen and oxygen atoms in total. The number of ketones is 1. The summed E-state index contributed by atoms with van der Waals surface area (Å²) >= 11 is 0.574. The van der Waals surface area contributed by atoms with Crippen LogP contribution in [0.3, 0.4) is 0 Å². The molecule has 0 radical (unpaired) electrons. The quantitative estimate of drug-likeness (QED) is 0.0113. The van der Waals surface area contributed by atoms with Crippen LogP contribution in [-0.2, 0) is 77.0 Å². The Labute approximate surface area is 651 Å². The zero-order valence-electron chi connectivity index (χ0n) is 62.1. The largest absolute Gasteiger partial charge is 0.480 e. The van der Waals surface area contributed by atoms with E-state index in [4.69, 9.17) is 21.3 Å². The monoisotopic (exact) mass is 1610 g/mol. The smallest absolute Gasteiger partial charge is 0.331 e. The number of carbonyl (C=O) groups is 11. The standard InChI is InChI=1S/C74H101F2N11O25S/c1-41-64(72(108)87(36-49(78)43-13-6-5-7-14-43)74(111)86(41)35-46-47(75)16-11-17-48(46)76)44-15-10-12-42(30-44)19-22-59(96)79-27-9-4-2-3-8-18-62(99)82-50(20-23-60(97)80-33-54(92)65(101)67(103)56(94)37-88)53(91)31-45(25-29-112-40-90)69(105)83-51(21-24-61(98)81-34-55(93)66(102)68(104)57(95)38-89)70(106)84-52(73(109)110)39-113-58-32-63(100)85(28-26-77)71(58)107/h5-7,10-17,30,32,40,45,49-52,54-57,65-68,88-89,92-95,101-104H,2-4,8-9,18-29,31,33-39,77-78H2,1H3,(H,79,96)(H,80,97)(H,81,98)(H,82,99)(H,83,105)(H,84,106)(H,109,110)/t45-,49+,50+,51+,52+,54-,55-,56+,57+,65+,66+,67+,68+/m0/s1. The third kappa shape index (κ3) is 29.4. The molecule has 0 saturated carbocycles. The lowest BCUT2D eigenvalue weighted by molar-refractivity contribution is -0.142.